The van der Waals surface area contributed by atoms with E-state index >= 15 is 0 Å². The average Bonchev–Trinajstić information content (AvgIpc) is 3.46. The summed E-state index contributed by atoms with van der Waals surface area (Å²) in [4.78, 5) is 23.5. The highest BCUT2D eigenvalue weighted by Gasteiger charge is 2.45. The molecule has 0 spiro atoms. The third kappa shape index (κ3) is 2.56. The standard InChI is InChI=1S/C22H18N4O3S/c1-22(2)9-12(27)16-14(10-22)29-21-18(17(16)13-5-3-7-28-13)20-24-19(15-6-4-8-30-15)25-26(20)11-23-21/h3-8,11,17H,9-10H2,1-2H3/t17-/m0/s1. The van der Waals surface area contributed by atoms with E-state index in [0.717, 1.165) is 10.4 Å². The molecule has 0 aromatic carbocycles. The molecule has 0 unspecified atom stereocenters. The molecule has 0 radical (unpaired) electrons. The van der Waals surface area contributed by atoms with E-state index in [1.165, 1.54) is 0 Å². The molecule has 4 aromatic heterocycles. The van der Waals surface area contributed by atoms with Crippen molar-refractivity contribution in [3.05, 3.63) is 64.9 Å². The topological polar surface area (TPSA) is 82.5 Å². The van der Waals surface area contributed by atoms with Gasteiger partial charge in [-0.2, -0.15) is 0 Å². The summed E-state index contributed by atoms with van der Waals surface area (Å²) in [6, 6.07) is 7.66. The molecule has 7 nitrogen and oxygen atoms in total. The number of furan rings is 1. The number of Topliss-reactive ketones (excluding diaryl/α,β-unsaturated/α-hetero) is 1. The lowest BCUT2D eigenvalue weighted by Gasteiger charge is -2.36. The Kier molecular flexibility index (Phi) is 3.59. The lowest BCUT2D eigenvalue weighted by molar-refractivity contribution is -0.118. The zero-order valence-electron chi connectivity index (χ0n) is 16.5. The summed E-state index contributed by atoms with van der Waals surface area (Å²) in [5.41, 5.74) is 1.82. The van der Waals surface area contributed by atoms with Crippen molar-refractivity contribution in [3.8, 4) is 16.6 Å². The van der Waals surface area contributed by atoms with Gasteiger partial charge in [0.25, 0.3) is 0 Å². The number of carbonyl (C=O) groups is 1. The lowest BCUT2D eigenvalue weighted by atomic mass is 9.71. The van der Waals surface area contributed by atoms with Gasteiger partial charge >= 0.3 is 0 Å². The first-order valence-corrected chi connectivity index (χ1v) is 10.6. The van der Waals surface area contributed by atoms with E-state index in [0.29, 0.717) is 47.3 Å². The third-order valence-electron chi connectivity index (χ3n) is 5.63. The quantitative estimate of drug-likeness (QED) is 0.473. The molecular weight excluding hydrogens is 400 g/mol. The van der Waals surface area contributed by atoms with Crippen molar-refractivity contribution in [2.45, 2.75) is 32.6 Å². The fourth-order valence-electron chi connectivity index (χ4n) is 4.40. The van der Waals surface area contributed by atoms with Crippen LogP contribution in [0.1, 0.15) is 43.9 Å². The second-order valence-corrected chi connectivity index (χ2v) is 9.42. The summed E-state index contributed by atoms with van der Waals surface area (Å²) in [6.07, 6.45) is 4.37. The second-order valence-electron chi connectivity index (χ2n) is 8.47. The van der Waals surface area contributed by atoms with E-state index in [4.69, 9.17) is 14.1 Å². The van der Waals surface area contributed by atoms with Gasteiger partial charge in [0.15, 0.2) is 17.3 Å². The van der Waals surface area contributed by atoms with Gasteiger partial charge in [-0.1, -0.05) is 19.9 Å². The number of rotatable bonds is 2. The first-order valence-electron chi connectivity index (χ1n) is 9.77. The summed E-state index contributed by atoms with van der Waals surface area (Å²) in [5.74, 6) is 2.09. The second kappa shape index (κ2) is 6.12. The number of carbonyl (C=O) groups excluding carboxylic acids is 1. The van der Waals surface area contributed by atoms with Crippen LogP contribution in [-0.4, -0.2) is 25.4 Å². The van der Waals surface area contributed by atoms with Crippen LogP contribution in [0.5, 0.6) is 5.88 Å². The van der Waals surface area contributed by atoms with Crippen molar-refractivity contribution in [2.24, 2.45) is 5.41 Å². The van der Waals surface area contributed by atoms with Crippen LogP contribution in [0.2, 0.25) is 0 Å². The molecule has 8 heteroatoms. The van der Waals surface area contributed by atoms with Crippen LogP contribution < -0.4 is 4.74 Å². The minimum absolute atomic E-state index is 0.0771. The fourth-order valence-corrected chi connectivity index (χ4v) is 5.05. The number of fused-ring (bicyclic) bond motifs is 3. The highest BCUT2D eigenvalue weighted by atomic mass is 32.1. The summed E-state index contributed by atoms with van der Waals surface area (Å²) in [5, 5.41) is 6.58. The monoisotopic (exact) mass is 418 g/mol. The zero-order valence-corrected chi connectivity index (χ0v) is 17.3. The number of hydrogen-bond donors (Lipinski definition) is 0. The molecule has 150 valence electrons. The maximum Gasteiger partial charge on any atom is 0.228 e. The molecule has 0 amide bonds. The van der Waals surface area contributed by atoms with Gasteiger partial charge in [-0.25, -0.2) is 14.5 Å². The van der Waals surface area contributed by atoms with E-state index in [2.05, 4.69) is 23.9 Å². The lowest BCUT2D eigenvalue weighted by Crippen LogP contribution is -2.33. The normalized spacial score (nSPS) is 20.2. The van der Waals surface area contributed by atoms with Crippen molar-refractivity contribution in [2.75, 3.05) is 0 Å². The maximum absolute atomic E-state index is 13.2. The Labute approximate surface area is 176 Å². The number of allylic oxidation sites excluding steroid dienone is 2. The van der Waals surface area contributed by atoms with Crippen molar-refractivity contribution < 1.29 is 13.9 Å². The SMILES string of the molecule is CC1(C)CC(=O)C2=C(C1)Oc1ncn3nc(-c4cccs4)nc3c1[C@H]2c1ccco1. The summed E-state index contributed by atoms with van der Waals surface area (Å²) in [7, 11) is 0. The molecule has 0 saturated carbocycles. The van der Waals surface area contributed by atoms with Gasteiger partial charge in [0.1, 0.15) is 17.8 Å². The molecular formula is C22H18N4O3S. The molecule has 1 aliphatic heterocycles. The molecule has 0 saturated heterocycles. The Hall–Kier alpha value is -3.26. The van der Waals surface area contributed by atoms with Gasteiger partial charge in [0, 0.05) is 18.4 Å². The smallest absolute Gasteiger partial charge is 0.228 e. The third-order valence-corrected chi connectivity index (χ3v) is 6.50. The minimum atomic E-state index is -0.418. The van der Waals surface area contributed by atoms with E-state index in [1.807, 2.05) is 29.6 Å². The van der Waals surface area contributed by atoms with E-state index in [9.17, 15) is 4.79 Å². The molecule has 1 aliphatic carbocycles. The molecule has 30 heavy (non-hydrogen) atoms. The van der Waals surface area contributed by atoms with Gasteiger partial charge in [-0.05, 0) is 29.0 Å². The summed E-state index contributed by atoms with van der Waals surface area (Å²) in [6.45, 7) is 4.16. The Morgan fingerprint density at radius 2 is 2.13 bits per heavy atom. The molecule has 4 aromatic rings. The van der Waals surface area contributed by atoms with E-state index in [-0.39, 0.29) is 11.2 Å². The number of ether oxygens (including phenoxy) is 1. The number of aromatic nitrogens is 4. The average molecular weight is 418 g/mol. The van der Waals surface area contributed by atoms with Crippen LogP contribution in [0.3, 0.4) is 0 Å². The number of ketones is 1. The first-order chi connectivity index (χ1) is 14.5. The minimum Gasteiger partial charge on any atom is -0.468 e. The maximum atomic E-state index is 13.2. The fraction of sp³-hybridized carbons (Fsp3) is 0.273. The van der Waals surface area contributed by atoms with Crippen LogP contribution in [0.15, 0.2) is 58.0 Å². The van der Waals surface area contributed by atoms with Gasteiger partial charge in [-0.3, -0.25) is 4.79 Å². The van der Waals surface area contributed by atoms with Gasteiger partial charge < -0.3 is 9.15 Å². The van der Waals surface area contributed by atoms with Gasteiger partial charge in [0.2, 0.25) is 5.88 Å². The number of nitrogens with zero attached hydrogens (tertiary/aromatic N) is 4. The van der Waals surface area contributed by atoms with Crippen LogP contribution in [0, 0.1) is 5.41 Å². The molecule has 1 atom stereocenters. The zero-order chi connectivity index (χ0) is 20.5. The number of thiophene rings is 1. The Morgan fingerprint density at radius 1 is 1.23 bits per heavy atom. The molecule has 0 bridgehead atoms. The van der Waals surface area contributed by atoms with Crippen LogP contribution in [0.4, 0.5) is 0 Å². The van der Waals surface area contributed by atoms with E-state index < -0.39 is 5.92 Å². The Bertz CT molecular complexity index is 1320. The first kappa shape index (κ1) is 17.6. The predicted molar refractivity (Wildman–Crippen MR) is 110 cm³/mol. The molecule has 0 fully saturated rings. The number of hydrogen-bond acceptors (Lipinski definition) is 7. The Morgan fingerprint density at radius 3 is 2.90 bits per heavy atom. The molecule has 6 rings (SSSR count). The van der Waals surface area contributed by atoms with Gasteiger partial charge in [0.05, 0.1) is 22.6 Å². The van der Waals surface area contributed by atoms with Crippen molar-refractivity contribution >= 4 is 22.8 Å². The van der Waals surface area contributed by atoms with Crippen molar-refractivity contribution in [1.82, 2.24) is 19.6 Å². The Balaban J connectivity index is 1.61. The summed E-state index contributed by atoms with van der Waals surface area (Å²) >= 11 is 1.57. The molecule has 5 heterocycles. The molecule has 2 aliphatic rings. The highest BCUT2D eigenvalue weighted by Crippen LogP contribution is 2.50. The van der Waals surface area contributed by atoms with Crippen LogP contribution in [-0.2, 0) is 4.79 Å². The van der Waals surface area contributed by atoms with Crippen molar-refractivity contribution in [3.63, 3.8) is 0 Å². The predicted octanol–water partition coefficient (Wildman–Crippen LogP) is 4.61. The van der Waals surface area contributed by atoms with Crippen molar-refractivity contribution in [1.29, 1.82) is 0 Å². The highest BCUT2D eigenvalue weighted by molar-refractivity contribution is 7.13. The summed E-state index contributed by atoms with van der Waals surface area (Å²) < 4.78 is 13.6. The van der Waals surface area contributed by atoms with Crippen LogP contribution in [0.25, 0.3) is 16.3 Å². The van der Waals surface area contributed by atoms with E-state index in [1.54, 1.807) is 28.4 Å². The largest absolute Gasteiger partial charge is 0.468 e. The molecule has 0 N–H and O–H groups in total. The van der Waals surface area contributed by atoms with Gasteiger partial charge in [-0.15, -0.1) is 16.4 Å². The van der Waals surface area contributed by atoms with Crippen LogP contribution >= 0.6 is 11.3 Å².